The molecule has 0 spiro atoms. The predicted molar refractivity (Wildman–Crippen MR) is 137 cm³/mol. The summed E-state index contributed by atoms with van der Waals surface area (Å²) in [6, 6.07) is 36.8. The van der Waals surface area contributed by atoms with Crippen LogP contribution >= 0.6 is 0 Å². The van der Waals surface area contributed by atoms with Crippen molar-refractivity contribution in [2.24, 2.45) is 0 Å². The maximum atomic E-state index is 5.97. The predicted octanol–water partition coefficient (Wildman–Crippen LogP) is 7.52. The average Bonchev–Trinajstić information content (AvgIpc) is 3.57. The van der Waals surface area contributed by atoms with Crippen LogP contribution in [0.2, 0.25) is 0 Å². The van der Waals surface area contributed by atoms with E-state index in [-0.39, 0.29) is 0 Å². The molecule has 0 aliphatic heterocycles. The highest BCUT2D eigenvalue weighted by molar-refractivity contribution is 5.83. The Balaban J connectivity index is 1.16. The van der Waals surface area contributed by atoms with Gasteiger partial charge in [0.25, 0.3) is 0 Å². The van der Waals surface area contributed by atoms with Gasteiger partial charge in [-0.1, -0.05) is 97.1 Å². The van der Waals surface area contributed by atoms with Crippen LogP contribution in [0, 0.1) is 0 Å². The Labute approximate surface area is 197 Å². The summed E-state index contributed by atoms with van der Waals surface area (Å²) in [7, 11) is 0. The van der Waals surface area contributed by atoms with Gasteiger partial charge in [-0.15, -0.1) is 5.10 Å². The van der Waals surface area contributed by atoms with Gasteiger partial charge in [-0.25, -0.2) is 0 Å². The highest BCUT2D eigenvalue weighted by atomic mass is 16.3. The topological polar surface area (TPSA) is 43.9 Å². The normalized spacial score (nSPS) is 11.4. The summed E-state index contributed by atoms with van der Waals surface area (Å²) in [4.78, 5) is 1.65. The van der Waals surface area contributed by atoms with E-state index in [0.29, 0.717) is 0 Å². The van der Waals surface area contributed by atoms with Gasteiger partial charge in [0.1, 0.15) is 17.0 Å². The van der Waals surface area contributed by atoms with Gasteiger partial charge in [-0.05, 0) is 35.4 Å². The van der Waals surface area contributed by atoms with E-state index in [1.807, 2.05) is 48.5 Å². The maximum absolute atomic E-state index is 5.97. The Bertz CT molecular complexity index is 1540. The first-order valence-electron chi connectivity index (χ1n) is 11.2. The highest BCUT2D eigenvalue weighted by Gasteiger charge is 2.06. The van der Waals surface area contributed by atoms with Gasteiger partial charge in [0.2, 0.25) is 0 Å². The minimum atomic E-state index is 0.848. The van der Waals surface area contributed by atoms with Gasteiger partial charge in [0.15, 0.2) is 0 Å². The van der Waals surface area contributed by atoms with Crippen LogP contribution in [0.15, 0.2) is 120 Å². The molecule has 2 heterocycles. The van der Waals surface area contributed by atoms with Crippen LogP contribution in [-0.2, 0) is 0 Å². The third-order valence-corrected chi connectivity index (χ3v) is 5.77. The van der Waals surface area contributed by atoms with Crippen molar-refractivity contribution in [3.8, 4) is 28.3 Å². The molecule has 0 bridgehead atoms. The van der Waals surface area contributed by atoms with E-state index >= 15 is 0 Å². The molecule has 34 heavy (non-hydrogen) atoms. The summed E-state index contributed by atoms with van der Waals surface area (Å²) in [6.45, 7) is 0. The quantitative estimate of drug-likeness (QED) is 0.261. The SMILES string of the molecule is C(=C\c1ccc(-c2cc3ccccc3o2)cc1)/c1ccc(-c2cnn(-c3ccccc3)n2)cc1. The molecular formula is C30H21N3O. The van der Waals surface area contributed by atoms with Gasteiger partial charge < -0.3 is 4.42 Å². The lowest BCUT2D eigenvalue weighted by molar-refractivity contribution is 0.631. The molecule has 2 aromatic heterocycles. The molecule has 0 N–H and O–H groups in total. The summed E-state index contributed by atoms with van der Waals surface area (Å²) in [6.07, 6.45) is 6.02. The van der Waals surface area contributed by atoms with Crippen molar-refractivity contribution in [2.45, 2.75) is 0 Å². The zero-order valence-electron chi connectivity index (χ0n) is 18.4. The number of furan rings is 1. The Morgan fingerprint density at radius 2 is 1.29 bits per heavy atom. The Morgan fingerprint density at radius 3 is 2.00 bits per heavy atom. The lowest BCUT2D eigenvalue weighted by Crippen LogP contribution is -1.97. The number of para-hydroxylation sites is 2. The molecule has 6 aromatic rings. The van der Waals surface area contributed by atoms with Crippen molar-refractivity contribution in [1.29, 1.82) is 0 Å². The van der Waals surface area contributed by atoms with Crippen molar-refractivity contribution in [3.63, 3.8) is 0 Å². The van der Waals surface area contributed by atoms with Crippen molar-refractivity contribution < 1.29 is 4.42 Å². The van der Waals surface area contributed by atoms with E-state index in [2.05, 4.69) is 83.0 Å². The molecule has 4 heteroatoms. The number of benzene rings is 4. The van der Waals surface area contributed by atoms with E-state index in [0.717, 1.165) is 50.4 Å². The molecule has 4 aromatic carbocycles. The van der Waals surface area contributed by atoms with Crippen molar-refractivity contribution in [1.82, 2.24) is 15.0 Å². The molecule has 4 nitrogen and oxygen atoms in total. The molecule has 0 amide bonds. The minimum Gasteiger partial charge on any atom is -0.456 e. The second-order valence-electron chi connectivity index (χ2n) is 8.08. The summed E-state index contributed by atoms with van der Waals surface area (Å²) < 4.78 is 5.97. The largest absolute Gasteiger partial charge is 0.456 e. The van der Waals surface area contributed by atoms with Crippen molar-refractivity contribution >= 4 is 23.1 Å². The van der Waals surface area contributed by atoms with Gasteiger partial charge in [-0.3, -0.25) is 0 Å². The molecule has 0 saturated heterocycles. The number of nitrogens with zero attached hydrogens (tertiary/aromatic N) is 3. The Kier molecular flexibility index (Phi) is 5.09. The van der Waals surface area contributed by atoms with Crippen LogP contribution < -0.4 is 0 Å². The summed E-state index contributed by atoms with van der Waals surface area (Å²) >= 11 is 0. The lowest BCUT2D eigenvalue weighted by atomic mass is 10.1. The molecule has 0 aliphatic rings. The Morgan fingerprint density at radius 1 is 0.647 bits per heavy atom. The fourth-order valence-electron chi connectivity index (χ4n) is 3.92. The molecule has 0 radical (unpaired) electrons. The van der Waals surface area contributed by atoms with E-state index in [1.165, 1.54) is 0 Å². The van der Waals surface area contributed by atoms with Crippen LogP contribution in [0.5, 0.6) is 0 Å². The fourth-order valence-corrected chi connectivity index (χ4v) is 3.92. The lowest BCUT2D eigenvalue weighted by Gasteiger charge is -2.00. The number of hydrogen-bond donors (Lipinski definition) is 0. The molecule has 162 valence electrons. The zero-order valence-corrected chi connectivity index (χ0v) is 18.4. The third-order valence-electron chi connectivity index (χ3n) is 5.77. The van der Waals surface area contributed by atoms with Gasteiger partial charge >= 0.3 is 0 Å². The summed E-state index contributed by atoms with van der Waals surface area (Å²) in [5, 5.41) is 10.1. The van der Waals surface area contributed by atoms with Gasteiger partial charge in [-0.2, -0.15) is 9.90 Å². The first kappa shape index (κ1) is 19.9. The van der Waals surface area contributed by atoms with Crippen LogP contribution in [0.1, 0.15) is 11.1 Å². The van der Waals surface area contributed by atoms with Gasteiger partial charge in [0.05, 0.1) is 11.9 Å². The fraction of sp³-hybridized carbons (Fsp3) is 0. The van der Waals surface area contributed by atoms with E-state index < -0.39 is 0 Å². The third kappa shape index (κ3) is 4.05. The van der Waals surface area contributed by atoms with E-state index in [1.54, 1.807) is 11.0 Å². The molecule has 0 aliphatic carbocycles. The second kappa shape index (κ2) is 8.68. The number of rotatable bonds is 5. The van der Waals surface area contributed by atoms with Crippen molar-refractivity contribution in [3.05, 3.63) is 127 Å². The summed E-state index contributed by atoms with van der Waals surface area (Å²) in [5.41, 5.74) is 7.07. The zero-order chi connectivity index (χ0) is 22.7. The first-order valence-corrected chi connectivity index (χ1v) is 11.2. The highest BCUT2D eigenvalue weighted by Crippen LogP contribution is 2.28. The van der Waals surface area contributed by atoms with Gasteiger partial charge in [0, 0.05) is 16.5 Å². The minimum absolute atomic E-state index is 0.848. The molecule has 0 atom stereocenters. The molecular weight excluding hydrogens is 418 g/mol. The number of hydrogen-bond acceptors (Lipinski definition) is 3. The smallest absolute Gasteiger partial charge is 0.135 e. The van der Waals surface area contributed by atoms with Crippen LogP contribution in [-0.4, -0.2) is 15.0 Å². The molecule has 0 saturated carbocycles. The monoisotopic (exact) mass is 439 g/mol. The summed E-state index contributed by atoms with van der Waals surface area (Å²) in [5.74, 6) is 0.886. The van der Waals surface area contributed by atoms with Crippen LogP contribution in [0.3, 0.4) is 0 Å². The number of fused-ring (bicyclic) bond motifs is 1. The second-order valence-corrected chi connectivity index (χ2v) is 8.08. The standard InChI is InChI=1S/C30H21N3O/c1-2-7-27(8-3-1)33-31-21-28(32-33)24-16-12-22(13-17-24)10-11-23-14-18-25(19-15-23)30-20-26-6-4-5-9-29(26)34-30/h1-21H/b11-10+. The first-order chi connectivity index (χ1) is 16.8. The Hall–Kier alpha value is -4.70. The molecule has 6 rings (SSSR count). The average molecular weight is 440 g/mol. The van der Waals surface area contributed by atoms with Crippen LogP contribution in [0.4, 0.5) is 0 Å². The van der Waals surface area contributed by atoms with Crippen LogP contribution in [0.25, 0.3) is 51.4 Å². The molecule has 0 fully saturated rings. The molecule has 0 unspecified atom stereocenters. The van der Waals surface area contributed by atoms with E-state index in [9.17, 15) is 0 Å². The number of aromatic nitrogens is 3. The van der Waals surface area contributed by atoms with Crippen molar-refractivity contribution in [2.75, 3.05) is 0 Å². The maximum Gasteiger partial charge on any atom is 0.135 e. The van der Waals surface area contributed by atoms with E-state index in [4.69, 9.17) is 4.42 Å².